The maximum absolute atomic E-state index is 12.6. The first-order chi connectivity index (χ1) is 9.84. The van der Waals surface area contributed by atoms with Gasteiger partial charge >= 0.3 is 6.18 Å². The maximum atomic E-state index is 12.6. The zero-order valence-electron chi connectivity index (χ0n) is 12.1. The first-order valence-corrected chi connectivity index (χ1v) is 6.82. The molecule has 1 heterocycles. The second-order valence-corrected chi connectivity index (χ2v) is 5.26. The number of halogens is 3. The van der Waals surface area contributed by atoms with Gasteiger partial charge in [-0.1, -0.05) is 18.2 Å². The monoisotopic (exact) mass is 323 g/mol. The Morgan fingerprint density at radius 1 is 1.32 bits per heavy atom. The number of rotatable bonds is 5. The molecule has 1 saturated heterocycles. The van der Waals surface area contributed by atoms with Crippen LogP contribution in [-0.4, -0.2) is 40.8 Å². The molecule has 3 nitrogen and oxygen atoms in total. The Morgan fingerprint density at radius 3 is 2.64 bits per heavy atom. The first kappa shape index (κ1) is 19.0. The number of nitrogens with one attached hydrogen (secondary N) is 1. The Balaban J connectivity index is 0.00000242. The van der Waals surface area contributed by atoms with E-state index >= 15 is 0 Å². The fraction of sp³-hybridized carbons (Fsp3) is 0.467. The minimum absolute atomic E-state index is 0. The van der Waals surface area contributed by atoms with Gasteiger partial charge in [0.05, 0.1) is 5.56 Å². The Labute approximate surface area is 142 Å². The molecule has 0 aromatic heterocycles. The molecular weight excluding hydrogens is 307 g/mol. The molecule has 0 saturated carbocycles. The molecule has 22 heavy (non-hydrogen) atoms. The van der Waals surface area contributed by atoms with Gasteiger partial charge in [0, 0.05) is 48.4 Å². The van der Waals surface area contributed by atoms with E-state index in [9.17, 15) is 22.8 Å². The van der Waals surface area contributed by atoms with E-state index in [-0.39, 0.29) is 53.6 Å². The Morgan fingerprint density at radius 2 is 2.05 bits per heavy atom. The topological polar surface area (TPSA) is 46.2 Å². The third-order valence-electron chi connectivity index (χ3n) is 3.51. The van der Waals surface area contributed by atoms with Gasteiger partial charge in [0.25, 0.3) is 0 Å². The van der Waals surface area contributed by atoms with Crippen molar-refractivity contribution in [2.24, 2.45) is 0 Å². The lowest BCUT2D eigenvalue weighted by Gasteiger charge is -2.10. The second kappa shape index (κ2) is 7.96. The van der Waals surface area contributed by atoms with Crippen molar-refractivity contribution in [1.82, 2.24) is 5.32 Å². The van der Waals surface area contributed by atoms with E-state index in [0.717, 1.165) is 18.6 Å². The van der Waals surface area contributed by atoms with Crippen LogP contribution in [-0.2, 0) is 22.2 Å². The Bertz CT molecular complexity index is 546. The lowest BCUT2D eigenvalue weighted by Crippen LogP contribution is -2.25. The molecule has 1 aliphatic rings. The second-order valence-electron chi connectivity index (χ2n) is 5.26. The molecule has 0 spiro atoms. The number of amides is 1. The molecule has 1 N–H and O–H groups in total. The summed E-state index contributed by atoms with van der Waals surface area (Å²) in [4.78, 5) is 22.8. The highest BCUT2D eigenvalue weighted by molar-refractivity contribution is 5.81. The van der Waals surface area contributed by atoms with Crippen LogP contribution in [0.2, 0.25) is 0 Å². The summed E-state index contributed by atoms with van der Waals surface area (Å²) in [6, 6.07) is 4.84. The molecule has 1 aromatic rings. The van der Waals surface area contributed by atoms with Gasteiger partial charge in [0.1, 0.15) is 5.78 Å². The lowest BCUT2D eigenvalue weighted by molar-refractivity contribution is -0.137. The van der Waals surface area contributed by atoms with Crippen LogP contribution < -0.4 is 5.32 Å². The summed E-state index contributed by atoms with van der Waals surface area (Å²) in [6.45, 7) is 0. The largest absolute Gasteiger partial charge is 0.416 e. The minimum Gasteiger partial charge on any atom is -0.353 e. The average Bonchev–Trinajstić information content (AvgIpc) is 2.82. The number of ketones is 1. The van der Waals surface area contributed by atoms with Crippen LogP contribution in [0.15, 0.2) is 24.3 Å². The zero-order valence-corrected chi connectivity index (χ0v) is 13.5. The number of alkyl halides is 3. The van der Waals surface area contributed by atoms with Crippen molar-refractivity contribution in [3.63, 3.8) is 0 Å². The van der Waals surface area contributed by atoms with E-state index in [4.69, 9.17) is 0 Å². The number of Topliss-reactive ketones (excluding diaryl/α,β-unsaturated/α-hetero) is 1. The van der Waals surface area contributed by atoms with Gasteiger partial charge in [-0.15, -0.1) is 0 Å². The van der Waals surface area contributed by atoms with Crippen LogP contribution >= 0.6 is 0 Å². The minimum atomic E-state index is -4.40. The van der Waals surface area contributed by atoms with Gasteiger partial charge in [-0.05, 0) is 24.5 Å². The van der Waals surface area contributed by atoms with Gasteiger partial charge in [0.15, 0.2) is 0 Å². The van der Waals surface area contributed by atoms with Crippen LogP contribution in [0.3, 0.4) is 0 Å². The zero-order chi connectivity index (χ0) is 15.5. The molecule has 1 amide bonds. The molecule has 116 valence electrons. The molecule has 2 rings (SSSR count). The van der Waals surface area contributed by atoms with Gasteiger partial charge in [-0.25, -0.2) is 0 Å². The predicted molar refractivity (Wildman–Crippen MR) is 76.3 cm³/mol. The average molecular weight is 324 g/mol. The molecule has 1 aliphatic heterocycles. The van der Waals surface area contributed by atoms with Crippen molar-refractivity contribution in [1.29, 1.82) is 0 Å². The molecule has 0 aliphatic carbocycles. The molecule has 1 unspecified atom stereocenters. The Kier molecular flexibility index (Phi) is 6.86. The van der Waals surface area contributed by atoms with Crippen molar-refractivity contribution in [2.75, 3.05) is 0 Å². The van der Waals surface area contributed by atoms with Crippen LogP contribution in [0, 0.1) is 0 Å². The fourth-order valence-corrected chi connectivity index (χ4v) is 2.40. The molecule has 2 radical (unpaired) electrons. The SMILES string of the molecule is O=C(CCC1CCC(=O)N1)Cc1cccc(C(F)(F)F)c1.[Mg]. The van der Waals surface area contributed by atoms with Crippen molar-refractivity contribution >= 4 is 34.7 Å². The smallest absolute Gasteiger partial charge is 0.353 e. The number of hydrogen-bond acceptors (Lipinski definition) is 2. The van der Waals surface area contributed by atoms with Gasteiger partial charge < -0.3 is 5.32 Å². The van der Waals surface area contributed by atoms with Gasteiger partial charge in [-0.2, -0.15) is 13.2 Å². The predicted octanol–water partition coefficient (Wildman–Crippen LogP) is 2.50. The van der Waals surface area contributed by atoms with Gasteiger partial charge in [-0.3, -0.25) is 9.59 Å². The van der Waals surface area contributed by atoms with E-state index in [0.29, 0.717) is 18.4 Å². The van der Waals surface area contributed by atoms with Crippen molar-refractivity contribution in [3.05, 3.63) is 35.4 Å². The summed E-state index contributed by atoms with van der Waals surface area (Å²) in [5.74, 6) is -0.124. The highest BCUT2D eigenvalue weighted by atomic mass is 24.3. The fourth-order valence-electron chi connectivity index (χ4n) is 2.40. The first-order valence-electron chi connectivity index (χ1n) is 6.82. The third kappa shape index (κ3) is 5.60. The third-order valence-corrected chi connectivity index (χ3v) is 3.51. The van der Waals surface area contributed by atoms with E-state index in [1.807, 2.05) is 0 Å². The summed E-state index contributed by atoms with van der Waals surface area (Å²) >= 11 is 0. The number of carbonyl (C=O) groups excluding carboxylic acids is 2. The highest BCUT2D eigenvalue weighted by Crippen LogP contribution is 2.29. The maximum Gasteiger partial charge on any atom is 0.416 e. The van der Waals surface area contributed by atoms with E-state index in [1.54, 1.807) is 0 Å². The van der Waals surface area contributed by atoms with Crippen LogP contribution in [0.25, 0.3) is 0 Å². The molecular formula is C15H16F3MgNO2. The standard InChI is InChI=1S/C15H16F3NO2.Mg/c16-15(17,18)11-3-1-2-10(8-11)9-13(20)6-4-12-5-7-14(21)19-12;/h1-3,8,12H,4-7,9H2,(H,19,21);. The van der Waals surface area contributed by atoms with E-state index < -0.39 is 11.7 Å². The summed E-state index contributed by atoms with van der Waals surface area (Å²) < 4.78 is 37.7. The van der Waals surface area contributed by atoms with Crippen LogP contribution in [0.5, 0.6) is 0 Å². The van der Waals surface area contributed by atoms with E-state index in [2.05, 4.69) is 5.32 Å². The number of carbonyl (C=O) groups is 2. The summed E-state index contributed by atoms with van der Waals surface area (Å²) in [7, 11) is 0. The Hall–Kier alpha value is -1.08. The normalized spacial score (nSPS) is 17.8. The summed E-state index contributed by atoms with van der Waals surface area (Å²) in [5, 5.41) is 2.76. The summed E-state index contributed by atoms with van der Waals surface area (Å²) in [5.41, 5.74) is -0.374. The molecule has 1 fully saturated rings. The summed E-state index contributed by atoms with van der Waals surface area (Å²) in [6.07, 6.45) is -2.40. The van der Waals surface area contributed by atoms with Gasteiger partial charge in [0.2, 0.25) is 5.91 Å². The molecule has 7 heteroatoms. The van der Waals surface area contributed by atoms with Crippen molar-refractivity contribution < 1.29 is 22.8 Å². The molecule has 1 atom stereocenters. The lowest BCUT2D eigenvalue weighted by atomic mass is 10.0. The number of hydrogen-bond donors (Lipinski definition) is 1. The van der Waals surface area contributed by atoms with E-state index in [1.165, 1.54) is 12.1 Å². The number of benzene rings is 1. The van der Waals surface area contributed by atoms with Crippen LogP contribution in [0.1, 0.15) is 36.8 Å². The quantitative estimate of drug-likeness (QED) is 0.846. The van der Waals surface area contributed by atoms with Crippen molar-refractivity contribution in [3.8, 4) is 0 Å². The highest BCUT2D eigenvalue weighted by Gasteiger charge is 2.30. The van der Waals surface area contributed by atoms with Crippen LogP contribution in [0.4, 0.5) is 13.2 Å². The molecule has 1 aromatic carbocycles. The van der Waals surface area contributed by atoms with Crippen molar-refractivity contribution in [2.45, 2.75) is 44.3 Å². The molecule has 0 bridgehead atoms.